The van der Waals surface area contributed by atoms with E-state index >= 15 is 0 Å². The number of nitrogens with zero attached hydrogens (tertiary/aromatic N) is 1. The second kappa shape index (κ2) is 4.71. The summed E-state index contributed by atoms with van der Waals surface area (Å²) in [7, 11) is 0. The Kier molecular flexibility index (Phi) is 3.28. The Morgan fingerprint density at radius 1 is 1.47 bits per heavy atom. The summed E-state index contributed by atoms with van der Waals surface area (Å²) in [5.41, 5.74) is -0.109. The number of hydrogen-bond donors (Lipinski definition) is 1. The molecule has 0 atom stereocenters. The summed E-state index contributed by atoms with van der Waals surface area (Å²) in [6, 6.07) is 3.74. The van der Waals surface area contributed by atoms with Crippen LogP contribution in [0, 0.1) is 0 Å². The van der Waals surface area contributed by atoms with E-state index in [1.165, 1.54) is 15.9 Å². The van der Waals surface area contributed by atoms with Crippen LogP contribution in [-0.4, -0.2) is 16.5 Å². The van der Waals surface area contributed by atoms with Crippen molar-refractivity contribution in [2.24, 2.45) is 0 Å². The first kappa shape index (κ1) is 11.9. The first-order chi connectivity index (χ1) is 8.08. The molecule has 0 aromatic carbocycles. The molecule has 0 saturated carbocycles. The summed E-state index contributed by atoms with van der Waals surface area (Å²) in [4.78, 5) is 23.6. The third-order valence-electron chi connectivity index (χ3n) is 2.36. The van der Waals surface area contributed by atoms with E-state index in [-0.39, 0.29) is 24.1 Å². The van der Waals surface area contributed by atoms with Gasteiger partial charge >= 0.3 is 0 Å². The molecule has 2 rings (SSSR count). The third-order valence-corrected chi connectivity index (χ3v) is 3.24. The fourth-order valence-electron chi connectivity index (χ4n) is 1.65. The molecule has 0 saturated heterocycles. The molecule has 0 fully saturated rings. The molecule has 2 aromatic rings. The summed E-state index contributed by atoms with van der Waals surface area (Å²) in [5.74, 6) is -0.142. The van der Waals surface area contributed by atoms with Crippen molar-refractivity contribution in [3.05, 3.63) is 34.1 Å². The molecule has 0 aliphatic carbocycles. The van der Waals surface area contributed by atoms with E-state index in [0.29, 0.717) is 5.39 Å². The van der Waals surface area contributed by atoms with Gasteiger partial charge in [0, 0.05) is 16.9 Å². The van der Waals surface area contributed by atoms with E-state index in [1.54, 1.807) is 12.3 Å². The second-order valence-electron chi connectivity index (χ2n) is 4.17. The number of carbonyl (C=O) groups is 1. The van der Waals surface area contributed by atoms with E-state index in [9.17, 15) is 9.59 Å². The highest BCUT2D eigenvalue weighted by molar-refractivity contribution is 7.17. The largest absolute Gasteiger partial charge is 0.352 e. The predicted molar refractivity (Wildman–Crippen MR) is 69.4 cm³/mol. The second-order valence-corrected chi connectivity index (χ2v) is 5.12. The fraction of sp³-hybridized carbons (Fsp3) is 0.333. The minimum Gasteiger partial charge on any atom is -0.352 e. The fourth-order valence-corrected chi connectivity index (χ4v) is 2.43. The highest BCUT2D eigenvalue weighted by Gasteiger charge is 2.08. The van der Waals surface area contributed by atoms with Gasteiger partial charge in [-0.3, -0.25) is 9.59 Å². The van der Waals surface area contributed by atoms with Gasteiger partial charge in [0.1, 0.15) is 6.54 Å². The van der Waals surface area contributed by atoms with E-state index in [1.807, 2.05) is 25.3 Å². The van der Waals surface area contributed by atoms with Gasteiger partial charge in [-0.25, -0.2) is 0 Å². The van der Waals surface area contributed by atoms with Crippen LogP contribution in [0.3, 0.4) is 0 Å². The minimum atomic E-state index is -0.142. The molecule has 17 heavy (non-hydrogen) atoms. The van der Waals surface area contributed by atoms with Gasteiger partial charge in [0.2, 0.25) is 5.91 Å². The number of hydrogen-bond acceptors (Lipinski definition) is 3. The van der Waals surface area contributed by atoms with E-state index < -0.39 is 0 Å². The van der Waals surface area contributed by atoms with Gasteiger partial charge in [-0.1, -0.05) is 0 Å². The number of thiophene rings is 1. The van der Waals surface area contributed by atoms with Crippen molar-refractivity contribution >= 4 is 27.3 Å². The Hall–Kier alpha value is -1.62. The first-order valence-electron chi connectivity index (χ1n) is 5.44. The van der Waals surface area contributed by atoms with Gasteiger partial charge in [-0.05, 0) is 31.4 Å². The van der Waals surface area contributed by atoms with E-state index in [0.717, 1.165) is 4.70 Å². The molecule has 0 unspecified atom stereocenters. The number of rotatable bonds is 3. The zero-order chi connectivity index (χ0) is 12.4. The van der Waals surface area contributed by atoms with Crippen LogP contribution in [0.2, 0.25) is 0 Å². The van der Waals surface area contributed by atoms with Crippen molar-refractivity contribution in [2.75, 3.05) is 0 Å². The van der Waals surface area contributed by atoms with Crippen molar-refractivity contribution in [1.82, 2.24) is 9.88 Å². The number of carbonyl (C=O) groups excluding carboxylic acids is 1. The van der Waals surface area contributed by atoms with Crippen molar-refractivity contribution in [3.8, 4) is 0 Å². The number of fused-ring (bicyclic) bond motifs is 1. The van der Waals surface area contributed by atoms with Crippen LogP contribution in [-0.2, 0) is 11.3 Å². The maximum absolute atomic E-state index is 12.0. The lowest BCUT2D eigenvalue weighted by Gasteiger charge is -2.09. The first-order valence-corrected chi connectivity index (χ1v) is 6.32. The molecule has 2 heterocycles. The molecule has 1 amide bonds. The molecule has 90 valence electrons. The summed E-state index contributed by atoms with van der Waals surface area (Å²) < 4.78 is 2.39. The molecule has 5 heteroatoms. The summed E-state index contributed by atoms with van der Waals surface area (Å²) >= 11 is 1.53. The maximum atomic E-state index is 12.0. The molecule has 0 bridgehead atoms. The monoisotopic (exact) mass is 250 g/mol. The standard InChI is InChI=1S/C12H14N2O2S/c1-8(2)13-11(15)7-14-5-3-10-9(12(14)16)4-6-17-10/h3-6,8H,7H2,1-2H3,(H,13,15). The Morgan fingerprint density at radius 2 is 2.24 bits per heavy atom. The zero-order valence-electron chi connectivity index (χ0n) is 9.77. The normalized spacial score (nSPS) is 11.0. The number of nitrogens with one attached hydrogen (secondary N) is 1. The van der Waals surface area contributed by atoms with Crippen LogP contribution in [0.1, 0.15) is 13.8 Å². The zero-order valence-corrected chi connectivity index (χ0v) is 10.6. The van der Waals surface area contributed by atoms with Gasteiger partial charge in [-0.2, -0.15) is 0 Å². The molecule has 0 aliphatic heterocycles. The average molecular weight is 250 g/mol. The van der Waals surface area contributed by atoms with Crippen molar-refractivity contribution < 1.29 is 4.79 Å². The smallest absolute Gasteiger partial charge is 0.259 e. The highest BCUT2D eigenvalue weighted by Crippen LogP contribution is 2.15. The lowest BCUT2D eigenvalue weighted by molar-refractivity contribution is -0.122. The summed E-state index contributed by atoms with van der Waals surface area (Å²) in [6.45, 7) is 3.86. The Morgan fingerprint density at radius 3 is 2.94 bits per heavy atom. The van der Waals surface area contributed by atoms with Crippen LogP contribution in [0.5, 0.6) is 0 Å². The van der Waals surface area contributed by atoms with Crippen molar-refractivity contribution in [3.63, 3.8) is 0 Å². The number of aromatic nitrogens is 1. The lowest BCUT2D eigenvalue weighted by Crippen LogP contribution is -2.35. The van der Waals surface area contributed by atoms with Crippen molar-refractivity contribution in [2.45, 2.75) is 26.4 Å². The molecule has 4 nitrogen and oxygen atoms in total. The minimum absolute atomic E-state index is 0.0722. The molecule has 1 N–H and O–H groups in total. The van der Waals surface area contributed by atoms with Gasteiger partial charge in [-0.15, -0.1) is 11.3 Å². The SMILES string of the molecule is CC(C)NC(=O)Cn1ccc2sccc2c1=O. The van der Waals surface area contributed by atoms with Gasteiger partial charge < -0.3 is 9.88 Å². The van der Waals surface area contributed by atoms with Crippen LogP contribution in [0.25, 0.3) is 10.1 Å². The van der Waals surface area contributed by atoms with Gasteiger partial charge in [0.15, 0.2) is 0 Å². The molecule has 0 aliphatic rings. The number of amides is 1. The molecule has 0 radical (unpaired) electrons. The maximum Gasteiger partial charge on any atom is 0.259 e. The number of pyridine rings is 1. The Balaban J connectivity index is 2.27. The molecule has 2 aromatic heterocycles. The lowest BCUT2D eigenvalue weighted by atomic mass is 10.3. The third kappa shape index (κ3) is 2.55. The quantitative estimate of drug-likeness (QED) is 0.899. The molecular weight excluding hydrogens is 236 g/mol. The average Bonchev–Trinajstić information content (AvgIpc) is 2.69. The predicted octanol–water partition coefficient (Wildman–Crippen LogP) is 1.59. The van der Waals surface area contributed by atoms with Crippen molar-refractivity contribution in [1.29, 1.82) is 0 Å². The Bertz CT molecular complexity index is 598. The molecular formula is C12H14N2O2S. The van der Waals surface area contributed by atoms with Gasteiger partial charge in [0.25, 0.3) is 5.56 Å². The van der Waals surface area contributed by atoms with Crippen LogP contribution < -0.4 is 10.9 Å². The van der Waals surface area contributed by atoms with Crippen LogP contribution in [0.15, 0.2) is 28.5 Å². The Labute approximate surface area is 103 Å². The van der Waals surface area contributed by atoms with Gasteiger partial charge in [0.05, 0.1) is 5.39 Å². The summed E-state index contributed by atoms with van der Waals surface area (Å²) in [5, 5.41) is 5.32. The van der Waals surface area contributed by atoms with Crippen LogP contribution >= 0.6 is 11.3 Å². The topological polar surface area (TPSA) is 51.1 Å². The summed E-state index contributed by atoms with van der Waals surface area (Å²) in [6.07, 6.45) is 1.67. The van der Waals surface area contributed by atoms with E-state index in [2.05, 4.69) is 5.32 Å². The van der Waals surface area contributed by atoms with E-state index in [4.69, 9.17) is 0 Å². The molecule has 0 spiro atoms. The highest BCUT2D eigenvalue weighted by atomic mass is 32.1. The van der Waals surface area contributed by atoms with Crippen LogP contribution in [0.4, 0.5) is 0 Å².